The summed E-state index contributed by atoms with van der Waals surface area (Å²) in [5, 5.41) is 1.53. The molecule has 0 saturated carbocycles. The van der Waals surface area contributed by atoms with Gasteiger partial charge < -0.3 is 4.90 Å². The maximum Gasteiger partial charge on any atom is 0.225 e. The van der Waals surface area contributed by atoms with Gasteiger partial charge in [-0.3, -0.25) is 0 Å². The first-order valence-electron chi connectivity index (χ1n) is 10.2. The Morgan fingerprint density at radius 2 is 1.82 bits per heavy atom. The van der Waals surface area contributed by atoms with Gasteiger partial charge in [0.1, 0.15) is 10.6 Å². The van der Waals surface area contributed by atoms with Crippen molar-refractivity contribution in [3.63, 3.8) is 0 Å². The summed E-state index contributed by atoms with van der Waals surface area (Å²) < 4.78 is 0. The van der Waals surface area contributed by atoms with E-state index >= 15 is 0 Å². The van der Waals surface area contributed by atoms with E-state index in [1.807, 2.05) is 0 Å². The molecule has 2 unspecified atom stereocenters. The molecule has 0 amide bonds. The van der Waals surface area contributed by atoms with Crippen LogP contribution in [0.2, 0.25) is 5.28 Å². The van der Waals surface area contributed by atoms with Crippen LogP contribution < -0.4 is 4.90 Å². The standard InChI is InChI=1S/C23H28ClN3S/c1-6-18-19(17-8-7-15(4)16(5)10-17)20-21(25-23(24)26-22(20)28-18)27-11-13(2)9-14(3)12-27/h7-8,10,13-14H,6,9,11-12H2,1-5H3. The van der Waals surface area contributed by atoms with E-state index < -0.39 is 0 Å². The fourth-order valence-electron chi connectivity index (χ4n) is 4.52. The van der Waals surface area contributed by atoms with E-state index in [4.69, 9.17) is 16.6 Å². The van der Waals surface area contributed by atoms with Crippen LogP contribution >= 0.6 is 22.9 Å². The molecule has 0 bridgehead atoms. The number of nitrogens with zero attached hydrogens (tertiary/aromatic N) is 3. The van der Waals surface area contributed by atoms with Gasteiger partial charge in [0.05, 0.1) is 5.39 Å². The van der Waals surface area contributed by atoms with Crippen molar-refractivity contribution in [1.29, 1.82) is 0 Å². The van der Waals surface area contributed by atoms with Crippen molar-refractivity contribution in [3.05, 3.63) is 39.5 Å². The second-order valence-corrected chi connectivity index (χ2v) is 9.82. The van der Waals surface area contributed by atoms with Crippen molar-refractivity contribution in [2.24, 2.45) is 11.8 Å². The average molecular weight is 414 g/mol. The summed E-state index contributed by atoms with van der Waals surface area (Å²) in [4.78, 5) is 14.2. The topological polar surface area (TPSA) is 29.0 Å². The van der Waals surface area contributed by atoms with Crippen LogP contribution in [-0.4, -0.2) is 23.1 Å². The molecule has 5 heteroatoms. The Morgan fingerprint density at radius 1 is 1.11 bits per heavy atom. The second kappa shape index (κ2) is 7.64. The molecule has 28 heavy (non-hydrogen) atoms. The molecule has 3 aromatic rings. The molecule has 1 saturated heterocycles. The fourth-order valence-corrected chi connectivity index (χ4v) is 5.86. The molecule has 148 valence electrons. The van der Waals surface area contributed by atoms with Gasteiger partial charge in [0, 0.05) is 23.5 Å². The SMILES string of the molecule is CCc1sc2nc(Cl)nc(N3CC(C)CC(C)C3)c2c1-c1ccc(C)c(C)c1. The normalized spacial score (nSPS) is 20.1. The van der Waals surface area contributed by atoms with Gasteiger partial charge in [0.2, 0.25) is 5.28 Å². The van der Waals surface area contributed by atoms with E-state index in [-0.39, 0.29) is 0 Å². The maximum atomic E-state index is 6.37. The number of aromatic nitrogens is 2. The maximum absolute atomic E-state index is 6.37. The molecule has 2 atom stereocenters. The highest BCUT2D eigenvalue weighted by Crippen LogP contribution is 2.44. The van der Waals surface area contributed by atoms with Gasteiger partial charge in [-0.15, -0.1) is 11.3 Å². The van der Waals surface area contributed by atoms with Crippen molar-refractivity contribution in [3.8, 4) is 11.1 Å². The van der Waals surface area contributed by atoms with Crippen molar-refractivity contribution in [2.45, 2.75) is 47.5 Å². The number of halogens is 1. The first-order valence-corrected chi connectivity index (χ1v) is 11.4. The molecule has 1 aliphatic rings. The van der Waals surface area contributed by atoms with E-state index in [0.717, 1.165) is 30.2 Å². The second-order valence-electron chi connectivity index (χ2n) is 8.40. The third-order valence-electron chi connectivity index (χ3n) is 5.86. The molecule has 0 radical (unpaired) electrons. The molecule has 4 rings (SSSR count). The number of benzene rings is 1. The van der Waals surface area contributed by atoms with Crippen molar-refractivity contribution in [2.75, 3.05) is 18.0 Å². The third-order valence-corrected chi connectivity index (χ3v) is 7.26. The number of hydrogen-bond acceptors (Lipinski definition) is 4. The van der Waals surface area contributed by atoms with Crippen LogP contribution in [0.3, 0.4) is 0 Å². The van der Waals surface area contributed by atoms with Crippen molar-refractivity contribution in [1.82, 2.24) is 9.97 Å². The summed E-state index contributed by atoms with van der Waals surface area (Å²) in [5.41, 5.74) is 5.19. The molecule has 1 fully saturated rings. The van der Waals surface area contributed by atoms with E-state index in [9.17, 15) is 0 Å². The molecule has 0 spiro atoms. The number of hydrogen-bond donors (Lipinski definition) is 0. The molecule has 0 N–H and O–H groups in total. The third kappa shape index (κ3) is 3.53. The van der Waals surface area contributed by atoms with Crippen molar-refractivity contribution < 1.29 is 0 Å². The van der Waals surface area contributed by atoms with Crippen LogP contribution in [0.5, 0.6) is 0 Å². The summed E-state index contributed by atoms with van der Waals surface area (Å²) in [5.74, 6) is 2.32. The average Bonchev–Trinajstić information content (AvgIpc) is 3.00. The minimum atomic E-state index is 0.351. The van der Waals surface area contributed by atoms with E-state index in [1.54, 1.807) is 11.3 Å². The zero-order valence-corrected chi connectivity index (χ0v) is 18.9. The minimum absolute atomic E-state index is 0.351. The predicted octanol–water partition coefficient (Wildman–Crippen LogP) is 6.67. The lowest BCUT2D eigenvalue weighted by Gasteiger charge is -2.36. The smallest absolute Gasteiger partial charge is 0.225 e. The number of fused-ring (bicyclic) bond motifs is 1. The highest BCUT2D eigenvalue weighted by Gasteiger charge is 2.27. The Kier molecular flexibility index (Phi) is 5.36. The summed E-state index contributed by atoms with van der Waals surface area (Å²) in [6.45, 7) is 13.3. The van der Waals surface area contributed by atoms with Gasteiger partial charge in [0.15, 0.2) is 0 Å². The number of thiophene rings is 1. The van der Waals surface area contributed by atoms with Crippen LogP contribution in [0.1, 0.15) is 43.2 Å². The zero-order chi connectivity index (χ0) is 20.0. The first-order chi connectivity index (χ1) is 13.4. The molecular formula is C23H28ClN3S. The van der Waals surface area contributed by atoms with E-state index in [2.05, 4.69) is 62.7 Å². The molecule has 3 heterocycles. The molecule has 3 nitrogen and oxygen atoms in total. The van der Waals surface area contributed by atoms with Gasteiger partial charge in [-0.05, 0) is 66.8 Å². The summed E-state index contributed by atoms with van der Waals surface area (Å²) in [6, 6.07) is 6.76. The Balaban J connectivity index is 1.97. The Hall–Kier alpha value is -1.65. The molecule has 2 aromatic heterocycles. The Bertz CT molecular complexity index is 1020. The van der Waals surface area contributed by atoms with Gasteiger partial charge in [-0.1, -0.05) is 39.0 Å². The van der Waals surface area contributed by atoms with Crippen LogP contribution in [0, 0.1) is 25.7 Å². The number of anilines is 1. The summed E-state index contributed by atoms with van der Waals surface area (Å²) in [7, 11) is 0. The predicted molar refractivity (Wildman–Crippen MR) is 122 cm³/mol. The van der Waals surface area contributed by atoms with Crippen LogP contribution in [0.4, 0.5) is 5.82 Å². The molecule has 1 aliphatic heterocycles. The van der Waals surface area contributed by atoms with Gasteiger partial charge in [-0.2, -0.15) is 4.98 Å². The van der Waals surface area contributed by atoms with E-state index in [0.29, 0.717) is 17.1 Å². The molecule has 1 aromatic carbocycles. The summed E-state index contributed by atoms with van der Waals surface area (Å²) >= 11 is 8.13. The summed E-state index contributed by atoms with van der Waals surface area (Å²) in [6.07, 6.45) is 2.25. The number of aryl methyl sites for hydroxylation is 3. The Labute approximate surface area is 176 Å². The Morgan fingerprint density at radius 3 is 2.46 bits per heavy atom. The lowest BCUT2D eigenvalue weighted by atomic mass is 9.91. The minimum Gasteiger partial charge on any atom is -0.355 e. The largest absolute Gasteiger partial charge is 0.355 e. The zero-order valence-electron chi connectivity index (χ0n) is 17.3. The lowest BCUT2D eigenvalue weighted by molar-refractivity contribution is 0.356. The fraction of sp³-hybridized carbons (Fsp3) is 0.478. The first kappa shape index (κ1) is 19.7. The quantitative estimate of drug-likeness (QED) is 0.449. The lowest BCUT2D eigenvalue weighted by Crippen LogP contribution is -2.39. The van der Waals surface area contributed by atoms with Gasteiger partial charge >= 0.3 is 0 Å². The van der Waals surface area contributed by atoms with E-state index in [1.165, 1.54) is 38.9 Å². The van der Waals surface area contributed by atoms with Gasteiger partial charge in [-0.25, -0.2) is 4.98 Å². The molecule has 0 aliphatic carbocycles. The van der Waals surface area contributed by atoms with Gasteiger partial charge in [0.25, 0.3) is 0 Å². The van der Waals surface area contributed by atoms with Crippen LogP contribution in [-0.2, 0) is 6.42 Å². The molecular weight excluding hydrogens is 386 g/mol. The number of rotatable bonds is 3. The van der Waals surface area contributed by atoms with Crippen molar-refractivity contribution >= 4 is 39.0 Å². The highest BCUT2D eigenvalue weighted by atomic mass is 35.5. The van der Waals surface area contributed by atoms with Crippen LogP contribution in [0.15, 0.2) is 18.2 Å². The number of piperidine rings is 1. The van der Waals surface area contributed by atoms with Crippen LogP contribution in [0.25, 0.3) is 21.3 Å². The monoisotopic (exact) mass is 413 g/mol. The highest BCUT2D eigenvalue weighted by molar-refractivity contribution is 7.19.